The maximum Gasteiger partial charge on any atom is 0.333 e. The van der Waals surface area contributed by atoms with Crippen LogP contribution in [0, 0.1) is 10.8 Å². The lowest BCUT2D eigenvalue weighted by molar-refractivity contribution is -0.239. The fraction of sp³-hybridized carbons (Fsp3) is 0.600. The number of carbonyl (C=O) groups excluding carboxylic acids is 4. The molecule has 3 rings (SSSR count). The van der Waals surface area contributed by atoms with Crippen molar-refractivity contribution in [1.82, 2.24) is 0 Å². The summed E-state index contributed by atoms with van der Waals surface area (Å²) in [5.74, 6) is -3.05. The summed E-state index contributed by atoms with van der Waals surface area (Å²) in [7, 11) is 0. The third-order valence-corrected chi connectivity index (χ3v) is 3.85. The molecule has 0 N–H and O–H groups in total. The lowest BCUT2D eigenvalue weighted by atomic mass is 9.52. The number of hydrogen-bond acceptors (Lipinski definition) is 6. The second-order valence-corrected chi connectivity index (χ2v) is 4.37. The maximum atomic E-state index is 11.5. The topological polar surface area (TPSA) is 86.7 Å². The van der Waals surface area contributed by atoms with Crippen molar-refractivity contribution in [3.8, 4) is 0 Å². The molecule has 6 nitrogen and oxygen atoms in total. The van der Waals surface area contributed by atoms with Gasteiger partial charge in [0, 0.05) is 0 Å². The van der Waals surface area contributed by atoms with Crippen LogP contribution in [-0.4, -0.2) is 23.9 Å². The van der Waals surface area contributed by atoms with E-state index in [-0.39, 0.29) is 12.8 Å². The Balaban J connectivity index is 2.15. The Morgan fingerprint density at radius 3 is 1.25 bits per heavy atom. The zero-order valence-corrected chi connectivity index (χ0v) is 8.28. The lowest BCUT2D eigenvalue weighted by Gasteiger charge is -2.53. The molecule has 0 bridgehead atoms. The van der Waals surface area contributed by atoms with E-state index in [1.54, 1.807) is 0 Å². The van der Waals surface area contributed by atoms with E-state index in [4.69, 9.17) is 0 Å². The Bertz CT molecular complexity index is 378. The van der Waals surface area contributed by atoms with E-state index in [1.807, 2.05) is 0 Å². The third kappa shape index (κ3) is 0.670. The molecule has 0 aromatic carbocycles. The van der Waals surface area contributed by atoms with E-state index in [9.17, 15) is 19.2 Å². The number of fused-ring (bicyclic) bond motifs is 1. The van der Waals surface area contributed by atoms with Crippen LogP contribution < -0.4 is 0 Å². The highest BCUT2D eigenvalue weighted by molar-refractivity contribution is 6.27. The highest BCUT2D eigenvalue weighted by Gasteiger charge is 2.82. The molecule has 6 heteroatoms. The molecule has 0 atom stereocenters. The standard InChI is InChI=1S/C10H8O6/c11-5-9(6(12)15-5)3-1-2-4-10(9)7(13)16-8(10)14/h1-4H2. The number of ether oxygens (including phenoxy) is 2. The van der Waals surface area contributed by atoms with Gasteiger partial charge in [0.25, 0.3) is 0 Å². The number of rotatable bonds is 0. The summed E-state index contributed by atoms with van der Waals surface area (Å²) in [6, 6.07) is 0. The summed E-state index contributed by atoms with van der Waals surface area (Å²) in [5.41, 5.74) is -3.14. The van der Waals surface area contributed by atoms with Crippen LogP contribution >= 0.6 is 0 Å². The van der Waals surface area contributed by atoms with Crippen LogP contribution in [0.5, 0.6) is 0 Å². The Morgan fingerprint density at radius 2 is 1.00 bits per heavy atom. The number of cyclic esters (lactones) is 4. The summed E-state index contributed by atoms with van der Waals surface area (Å²) < 4.78 is 8.64. The van der Waals surface area contributed by atoms with E-state index >= 15 is 0 Å². The molecule has 1 saturated carbocycles. The van der Waals surface area contributed by atoms with Crippen LogP contribution in [0.4, 0.5) is 0 Å². The molecule has 0 amide bonds. The normalized spacial score (nSPS) is 29.5. The fourth-order valence-electron chi connectivity index (χ4n) is 2.90. The predicted molar refractivity (Wildman–Crippen MR) is 45.5 cm³/mol. The van der Waals surface area contributed by atoms with Gasteiger partial charge in [-0.3, -0.25) is 19.2 Å². The highest BCUT2D eigenvalue weighted by atomic mass is 16.6. The number of esters is 4. The van der Waals surface area contributed by atoms with Gasteiger partial charge in [0.15, 0.2) is 10.8 Å². The van der Waals surface area contributed by atoms with Crippen LogP contribution in [-0.2, 0) is 28.7 Å². The van der Waals surface area contributed by atoms with Crippen molar-refractivity contribution in [2.75, 3.05) is 0 Å². The predicted octanol–water partition coefficient (Wildman–Crippen LogP) is -0.300. The van der Waals surface area contributed by atoms with Gasteiger partial charge >= 0.3 is 23.9 Å². The summed E-state index contributed by atoms with van der Waals surface area (Å²) in [5, 5.41) is 0. The third-order valence-electron chi connectivity index (χ3n) is 3.85. The number of carbonyl (C=O) groups is 4. The second kappa shape index (κ2) is 2.50. The minimum Gasteiger partial charge on any atom is -0.391 e. The smallest absolute Gasteiger partial charge is 0.333 e. The molecule has 0 aromatic rings. The van der Waals surface area contributed by atoms with Crippen molar-refractivity contribution in [2.24, 2.45) is 10.8 Å². The Labute approximate surface area is 89.9 Å². The molecule has 16 heavy (non-hydrogen) atoms. The molecule has 84 valence electrons. The van der Waals surface area contributed by atoms with Crippen LogP contribution in [0.1, 0.15) is 25.7 Å². The van der Waals surface area contributed by atoms with Gasteiger partial charge in [-0.1, -0.05) is 12.8 Å². The molecule has 0 unspecified atom stereocenters. The average molecular weight is 224 g/mol. The molecular weight excluding hydrogens is 216 g/mol. The van der Waals surface area contributed by atoms with Gasteiger partial charge in [-0.25, -0.2) is 0 Å². The molecule has 2 aliphatic heterocycles. The van der Waals surface area contributed by atoms with Crippen molar-refractivity contribution in [3.63, 3.8) is 0 Å². The summed E-state index contributed by atoms with van der Waals surface area (Å²) >= 11 is 0. The summed E-state index contributed by atoms with van der Waals surface area (Å²) in [6.45, 7) is 0. The molecule has 0 radical (unpaired) electrons. The fourth-order valence-corrected chi connectivity index (χ4v) is 2.90. The quantitative estimate of drug-likeness (QED) is 0.414. The molecule has 1 aliphatic carbocycles. The van der Waals surface area contributed by atoms with Gasteiger partial charge < -0.3 is 9.47 Å². The van der Waals surface area contributed by atoms with Gasteiger partial charge in [0.1, 0.15) is 0 Å². The molecule has 2 spiro atoms. The van der Waals surface area contributed by atoms with Crippen LogP contribution in [0.15, 0.2) is 0 Å². The first-order valence-electron chi connectivity index (χ1n) is 5.09. The minimum absolute atomic E-state index is 0.200. The molecular formula is C10H8O6. The van der Waals surface area contributed by atoms with Gasteiger partial charge in [-0.15, -0.1) is 0 Å². The zero-order chi connectivity index (χ0) is 11.6. The molecule has 2 saturated heterocycles. The van der Waals surface area contributed by atoms with Crippen LogP contribution in [0.25, 0.3) is 0 Å². The number of hydrogen-bond donors (Lipinski definition) is 0. The first-order valence-corrected chi connectivity index (χ1v) is 5.09. The van der Waals surface area contributed by atoms with Crippen LogP contribution in [0.2, 0.25) is 0 Å². The van der Waals surface area contributed by atoms with Crippen molar-refractivity contribution < 1.29 is 28.7 Å². The van der Waals surface area contributed by atoms with Crippen molar-refractivity contribution >= 4 is 23.9 Å². The van der Waals surface area contributed by atoms with Crippen molar-refractivity contribution in [2.45, 2.75) is 25.7 Å². The largest absolute Gasteiger partial charge is 0.391 e. The average Bonchev–Trinajstić information content (AvgIpc) is 2.29. The molecule has 3 fully saturated rings. The molecule has 0 aromatic heterocycles. The van der Waals surface area contributed by atoms with Gasteiger partial charge in [-0.2, -0.15) is 0 Å². The van der Waals surface area contributed by atoms with Crippen LogP contribution in [0.3, 0.4) is 0 Å². The second-order valence-electron chi connectivity index (χ2n) is 4.37. The van der Waals surface area contributed by atoms with E-state index in [1.165, 1.54) is 0 Å². The van der Waals surface area contributed by atoms with Gasteiger partial charge in [-0.05, 0) is 12.8 Å². The van der Waals surface area contributed by atoms with E-state index in [0.29, 0.717) is 12.8 Å². The Kier molecular flexibility index (Phi) is 1.49. The van der Waals surface area contributed by atoms with Crippen molar-refractivity contribution in [1.29, 1.82) is 0 Å². The molecule has 2 heterocycles. The van der Waals surface area contributed by atoms with Gasteiger partial charge in [0.2, 0.25) is 0 Å². The first kappa shape index (κ1) is 9.50. The lowest BCUT2D eigenvalue weighted by Crippen LogP contribution is -2.74. The maximum absolute atomic E-state index is 11.5. The minimum atomic E-state index is -1.57. The van der Waals surface area contributed by atoms with E-state index < -0.39 is 34.7 Å². The summed E-state index contributed by atoms with van der Waals surface area (Å²) in [4.78, 5) is 46.1. The monoisotopic (exact) mass is 224 g/mol. The Hall–Kier alpha value is -1.72. The zero-order valence-electron chi connectivity index (χ0n) is 8.28. The molecule has 3 aliphatic rings. The highest BCUT2D eigenvalue weighted by Crippen LogP contribution is 2.60. The summed E-state index contributed by atoms with van der Waals surface area (Å²) in [6.07, 6.45) is 1.66. The SMILES string of the molecule is O=C1OC(=O)C12CCCCC21C(=O)OC1=O. The van der Waals surface area contributed by atoms with E-state index in [2.05, 4.69) is 9.47 Å². The Morgan fingerprint density at radius 1 is 0.688 bits per heavy atom. The first-order chi connectivity index (χ1) is 7.55. The van der Waals surface area contributed by atoms with Gasteiger partial charge in [0.05, 0.1) is 0 Å². The van der Waals surface area contributed by atoms with E-state index in [0.717, 1.165) is 0 Å². The van der Waals surface area contributed by atoms with Crippen molar-refractivity contribution in [3.05, 3.63) is 0 Å².